The van der Waals surface area contributed by atoms with E-state index in [0.717, 1.165) is 24.8 Å². The largest absolute Gasteiger partial charge is 0.344 e. The van der Waals surface area contributed by atoms with Crippen molar-refractivity contribution in [3.8, 4) is 0 Å². The molecule has 1 heterocycles. The number of carbonyl (C=O) groups is 1. The van der Waals surface area contributed by atoms with Gasteiger partial charge in [-0.1, -0.05) is 50.1 Å². The first kappa shape index (κ1) is 13.3. The topological polar surface area (TPSA) is 57.8 Å². The second-order valence-electron chi connectivity index (χ2n) is 4.54. The van der Waals surface area contributed by atoms with Crippen LogP contribution in [0.5, 0.6) is 0 Å². The summed E-state index contributed by atoms with van der Waals surface area (Å²) in [5.74, 6) is -0.109. The van der Waals surface area contributed by atoms with Crippen molar-refractivity contribution in [2.45, 2.75) is 32.2 Å². The van der Waals surface area contributed by atoms with E-state index in [0.29, 0.717) is 5.69 Å². The lowest BCUT2D eigenvalue weighted by Gasteiger charge is -2.18. The van der Waals surface area contributed by atoms with Gasteiger partial charge in [-0.3, -0.25) is 4.79 Å². The molecule has 1 aromatic heterocycles. The number of rotatable bonds is 6. The van der Waals surface area contributed by atoms with Crippen LogP contribution >= 0.6 is 0 Å². The predicted molar refractivity (Wildman–Crippen MR) is 74.8 cm³/mol. The van der Waals surface area contributed by atoms with E-state index in [-0.39, 0.29) is 11.9 Å². The zero-order valence-electron chi connectivity index (χ0n) is 11.1. The Kier molecular flexibility index (Phi) is 4.72. The zero-order valence-corrected chi connectivity index (χ0v) is 11.1. The van der Waals surface area contributed by atoms with Gasteiger partial charge in [0.25, 0.3) is 5.91 Å². The summed E-state index contributed by atoms with van der Waals surface area (Å²) in [6.07, 6.45) is 6.20. The van der Waals surface area contributed by atoms with E-state index in [9.17, 15) is 4.79 Å². The van der Waals surface area contributed by atoms with Crippen LogP contribution < -0.4 is 5.32 Å². The molecule has 0 saturated heterocycles. The molecule has 2 N–H and O–H groups in total. The van der Waals surface area contributed by atoms with Crippen LogP contribution in [0.1, 0.15) is 48.3 Å². The number of H-pyrrole nitrogens is 1. The van der Waals surface area contributed by atoms with E-state index in [1.807, 2.05) is 30.3 Å². The highest BCUT2D eigenvalue weighted by Gasteiger charge is 2.15. The van der Waals surface area contributed by atoms with E-state index in [1.165, 1.54) is 12.5 Å². The molecule has 0 aliphatic heterocycles. The summed E-state index contributed by atoms with van der Waals surface area (Å²) >= 11 is 0. The Morgan fingerprint density at radius 2 is 2.16 bits per heavy atom. The first-order chi connectivity index (χ1) is 9.31. The number of hydrogen-bond donors (Lipinski definition) is 2. The SMILES string of the molecule is CCCCC(NC(=O)c1cnc[nH]1)c1ccccc1. The molecule has 100 valence electrons. The summed E-state index contributed by atoms with van der Waals surface area (Å²) in [7, 11) is 0. The third kappa shape index (κ3) is 3.68. The molecule has 0 radical (unpaired) electrons. The van der Waals surface area contributed by atoms with Crippen LogP contribution in [0.3, 0.4) is 0 Å². The second kappa shape index (κ2) is 6.73. The normalized spacial score (nSPS) is 12.1. The first-order valence-electron chi connectivity index (χ1n) is 6.65. The molecule has 0 bridgehead atoms. The van der Waals surface area contributed by atoms with E-state index in [4.69, 9.17) is 0 Å². The van der Waals surface area contributed by atoms with E-state index in [2.05, 4.69) is 22.2 Å². The number of aromatic nitrogens is 2. The Labute approximate surface area is 113 Å². The van der Waals surface area contributed by atoms with Crippen LogP contribution in [-0.4, -0.2) is 15.9 Å². The first-order valence-corrected chi connectivity index (χ1v) is 6.65. The van der Waals surface area contributed by atoms with Gasteiger partial charge in [-0.25, -0.2) is 4.98 Å². The standard InChI is InChI=1S/C15H19N3O/c1-2-3-9-13(12-7-5-4-6-8-12)18-15(19)14-10-16-11-17-14/h4-8,10-11,13H,2-3,9H2,1H3,(H,16,17)(H,18,19). The van der Waals surface area contributed by atoms with Crippen molar-refractivity contribution in [1.82, 2.24) is 15.3 Å². The third-order valence-corrected chi connectivity index (χ3v) is 3.10. The van der Waals surface area contributed by atoms with Crippen LogP contribution in [0, 0.1) is 0 Å². The average Bonchev–Trinajstić information content (AvgIpc) is 2.98. The average molecular weight is 257 g/mol. The molecule has 0 aliphatic carbocycles. The third-order valence-electron chi connectivity index (χ3n) is 3.10. The minimum atomic E-state index is -0.109. The number of nitrogens with one attached hydrogen (secondary N) is 2. The highest BCUT2D eigenvalue weighted by Crippen LogP contribution is 2.19. The van der Waals surface area contributed by atoms with Gasteiger partial charge in [-0.2, -0.15) is 0 Å². The molecule has 1 atom stereocenters. The van der Waals surface area contributed by atoms with E-state index in [1.54, 1.807) is 0 Å². The minimum absolute atomic E-state index is 0.0527. The molecule has 0 aliphatic rings. The summed E-state index contributed by atoms with van der Waals surface area (Å²) in [5.41, 5.74) is 1.64. The fraction of sp³-hybridized carbons (Fsp3) is 0.333. The quantitative estimate of drug-likeness (QED) is 0.835. The maximum absolute atomic E-state index is 12.1. The number of carbonyl (C=O) groups excluding carboxylic acids is 1. The van der Waals surface area contributed by atoms with Gasteiger partial charge in [0.1, 0.15) is 5.69 Å². The Morgan fingerprint density at radius 1 is 1.37 bits per heavy atom. The van der Waals surface area contributed by atoms with E-state index < -0.39 is 0 Å². The van der Waals surface area contributed by atoms with Gasteiger partial charge in [-0.05, 0) is 12.0 Å². The number of aromatic amines is 1. The second-order valence-corrected chi connectivity index (χ2v) is 4.54. The maximum Gasteiger partial charge on any atom is 0.269 e. The lowest BCUT2D eigenvalue weighted by atomic mass is 10.0. The molecule has 2 rings (SSSR count). The zero-order chi connectivity index (χ0) is 13.5. The number of amides is 1. The molecule has 1 aromatic carbocycles. The smallest absolute Gasteiger partial charge is 0.269 e. The molecule has 4 heteroatoms. The summed E-state index contributed by atoms with van der Waals surface area (Å²) < 4.78 is 0. The van der Waals surface area contributed by atoms with Crippen molar-refractivity contribution in [3.63, 3.8) is 0 Å². The van der Waals surface area contributed by atoms with Crippen molar-refractivity contribution in [2.24, 2.45) is 0 Å². The Hall–Kier alpha value is -2.10. The van der Waals surface area contributed by atoms with Crippen LogP contribution in [0.4, 0.5) is 0 Å². The molecular weight excluding hydrogens is 238 g/mol. The highest BCUT2D eigenvalue weighted by atomic mass is 16.1. The van der Waals surface area contributed by atoms with Crippen LogP contribution in [0.25, 0.3) is 0 Å². The lowest BCUT2D eigenvalue weighted by Crippen LogP contribution is -2.28. The van der Waals surface area contributed by atoms with Crippen LogP contribution in [-0.2, 0) is 0 Å². The van der Waals surface area contributed by atoms with Gasteiger partial charge in [0.05, 0.1) is 18.6 Å². The number of unbranched alkanes of at least 4 members (excludes halogenated alkanes) is 1. The van der Waals surface area contributed by atoms with E-state index >= 15 is 0 Å². The highest BCUT2D eigenvalue weighted by molar-refractivity contribution is 5.92. The minimum Gasteiger partial charge on any atom is -0.344 e. The molecule has 19 heavy (non-hydrogen) atoms. The number of nitrogens with zero attached hydrogens (tertiary/aromatic N) is 1. The molecule has 0 spiro atoms. The van der Waals surface area contributed by atoms with Gasteiger partial charge >= 0.3 is 0 Å². The molecule has 1 unspecified atom stereocenters. The van der Waals surface area contributed by atoms with Gasteiger partial charge in [0.2, 0.25) is 0 Å². The summed E-state index contributed by atoms with van der Waals surface area (Å²) in [4.78, 5) is 18.8. The number of hydrogen-bond acceptors (Lipinski definition) is 2. The molecular formula is C15H19N3O. The summed E-state index contributed by atoms with van der Waals surface area (Å²) in [5, 5.41) is 3.06. The lowest BCUT2D eigenvalue weighted by molar-refractivity contribution is 0.0929. The fourth-order valence-electron chi connectivity index (χ4n) is 2.03. The maximum atomic E-state index is 12.1. The summed E-state index contributed by atoms with van der Waals surface area (Å²) in [6.45, 7) is 2.15. The van der Waals surface area contributed by atoms with Gasteiger partial charge in [0.15, 0.2) is 0 Å². The van der Waals surface area contributed by atoms with Gasteiger partial charge < -0.3 is 10.3 Å². The summed E-state index contributed by atoms with van der Waals surface area (Å²) in [6, 6.07) is 10.1. The molecule has 0 fully saturated rings. The molecule has 4 nitrogen and oxygen atoms in total. The number of benzene rings is 1. The van der Waals surface area contributed by atoms with Crippen molar-refractivity contribution in [3.05, 3.63) is 54.1 Å². The number of imidazole rings is 1. The molecule has 0 saturated carbocycles. The van der Waals surface area contributed by atoms with Crippen LogP contribution in [0.15, 0.2) is 42.9 Å². The Morgan fingerprint density at radius 3 is 2.79 bits per heavy atom. The Balaban J connectivity index is 2.08. The van der Waals surface area contributed by atoms with Crippen molar-refractivity contribution >= 4 is 5.91 Å². The predicted octanol–water partition coefficient (Wildman–Crippen LogP) is 3.07. The van der Waals surface area contributed by atoms with Crippen molar-refractivity contribution < 1.29 is 4.79 Å². The van der Waals surface area contributed by atoms with Crippen molar-refractivity contribution in [1.29, 1.82) is 0 Å². The van der Waals surface area contributed by atoms with Crippen LogP contribution in [0.2, 0.25) is 0 Å². The molecule has 1 amide bonds. The monoisotopic (exact) mass is 257 g/mol. The van der Waals surface area contributed by atoms with Crippen molar-refractivity contribution in [2.75, 3.05) is 0 Å². The Bertz CT molecular complexity index is 493. The van der Waals surface area contributed by atoms with Gasteiger partial charge in [0, 0.05) is 0 Å². The molecule has 2 aromatic rings. The van der Waals surface area contributed by atoms with Gasteiger partial charge in [-0.15, -0.1) is 0 Å². The fourth-order valence-corrected chi connectivity index (χ4v) is 2.03.